The summed E-state index contributed by atoms with van der Waals surface area (Å²) < 4.78 is 35.6. The van der Waals surface area contributed by atoms with Gasteiger partial charge in [0, 0.05) is 18.5 Å². The average Bonchev–Trinajstić information content (AvgIpc) is 3.27. The lowest BCUT2D eigenvalue weighted by Crippen LogP contribution is -2.29. The minimum atomic E-state index is -2.94. The maximum atomic E-state index is 13.2. The van der Waals surface area contributed by atoms with E-state index in [0.717, 1.165) is 11.1 Å². The second-order valence-corrected chi connectivity index (χ2v) is 7.57. The van der Waals surface area contributed by atoms with Gasteiger partial charge >= 0.3 is 12.4 Å². The minimum Gasteiger partial charge on any atom is -0.435 e. The van der Waals surface area contributed by atoms with Crippen molar-refractivity contribution in [2.45, 2.75) is 25.6 Å². The van der Waals surface area contributed by atoms with E-state index in [1.54, 1.807) is 47.4 Å². The van der Waals surface area contributed by atoms with Crippen LogP contribution in [0.5, 0.6) is 5.75 Å². The zero-order chi connectivity index (χ0) is 22.2. The zero-order valence-electron chi connectivity index (χ0n) is 16.8. The van der Waals surface area contributed by atoms with Gasteiger partial charge < -0.3 is 14.1 Å². The van der Waals surface area contributed by atoms with Crippen LogP contribution in [-0.4, -0.2) is 22.4 Å². The second kappa shape index (κ2) is 7.96. The Morgan fingerprint density at radius 1 is 1.03 bits per heavy atom. The number of aromatic amines is 1. The molecule has 162 valence electrons. The fourth-order valence-corrected chi connectivity index (χ4v) is 4.23. The fraction of sp³-hybridized carbons (Fsp3) is 0.167. The smallest absolute Gasteiger partial charge is 0.417 e. The van der Waals surface area contributed by atoms with Gasteiger partial charge in [-0.25, -0.2) is 4.79 Å². The number of benzene rings is 3. The first-order chi connectivity index (χ1) is 15.5. The molecule has 0 fully saturated rings. The van der Waals surface area contributed by atoms with Gasteiger partial charge in [0.1, 0.15) is 5.75 Å². The van der Waals surface area contributed by atoms with Crippen LogP contribution in [0.1, 0.15) is 33.1 Å². The van der Waals surface area contributed by atoms with Gasteiger partial charge in [0.2, 0.25) is 0 Å². The van der Waals surface area contributed by atoms with Crippen LogP contribution < -0.4 is 10.5 Å². The summed E-state index contributed by atoms with van der Waals surface area (Å²) in [5.74, 6) is -0.599. The molecule has 1 aliphatic rings. The quantitative estimate of drug-likeness (QED) is 0.477. The van der Waals surface area contributed by atoms with Crippen LogP contribution >= 0.6 is 0 Å². The van der Waals surface area contributed by atoms with E-state index in [9.17, 15) is 18.4 Å². The third-order valence-corrected chi connectivity index (χ3v) is 5.63. The Balaban J connectivity index is 1.51. The van der Waals surface area contributed by atoms with Gasteiger partial charge in [-0.3, -0.25) is 9.78 Å². The lowest BCUT2D eigenvalue weighted by atomic mass is 9.97. The van der Waals surface area contributed by atoms with Crippen LogP contribution in [0.15, 0.2) is 75.9 Å². The van der Waals surface area contributed by atoms with Crippen LogP contribution in [0.4, 0.5) is 8.78 Å². The van der Waals surface area contributed by atoms with Crippen molar-refractivity contribution in [2.24, 2.45) is 0 Å². The summed E-state index contributed by atoms with van der Waals surface area (Å²) >= 11 is 0. The summed E-state index contributed by atoms with van der Waals surface area (Å²) in [4.78, 5) is 29.0. The molecule has 4 aromatic rings. The summed E-state index contributed by atoms with van der Waals surface area (Å²) in [6.07, 6.45) is 0.313. The molecule has 0 bridgehead atoms. The van der Waals surface area contributed by atoms with E-state index in [-0.39, 0.29) is 24.2 Å². The number of nitrogens with zero attached hydrogens (tertiary/aromatic N) is 1. The van der Waals surface area contributed by atoms with Gasteiger partial charge in [-0.2, -0.15) is 8.78 Å². The Morgan fingerprint density at radius 2 is 1.81 bits per heavy atom. The number of hydrogen-bond acceptors (Lipinski definition) is 4. The molecule has 1 N–H and O–H groups in total. The Kier molecular flexibility index (Phi) is 4.97. The Hall–Kier alpha value is -3.94. The molecule has 3 aromatic carbocycles. The molecule has 6 nitrogen and oxygen atoms in total. The Morgan fingerprint density at radius 3 is 2.66 bits per heavy atom. The van der Waals surface area contributed by atoms with Gasteiger partial charge in [0.25, 0.3) is 5.91 Å². The molecule has 0 saturated carbocycles. The van der Waals surface area contributed by atoms with Crippen molar-refractivity contribution in [1.82, 2.24) is 9.88 Å². The highest BCUT2D eigenvalue weighted by Crippen LogP contribution is 2.39. The fourth-order valence-electron chi connectivity index (χ4n) is 4.23. The number of hydrogen-bond donors (Lipinski definition) is 1. The molecule has 1 unspecified atom stereocenters. The number of halogens is 2. The number of carbonyl (C=O) groups excluding carboxylic acids is 1. The number of para-hydroxylation sites is 1. The summed E-state index contributed by atoms with van der Waals surface area (Å²) in [6.45, 7) is -2.67. The van der Waals surface area contributed by atoms with Gasteiger partial charge in [0.05, 0.1) is 11.6 Å². The van der Waals surface area contributed by atoms with Crippen molar-refractivity contribution in [1.29, 1.82) is 0 Å². The molecule has 1 atom stereocenters. The number of amides is 1. The predicted octanol–water partition coefficient (Wildman–Crippen LogP) is 4.66. The molecule has 0 aliphatic carbocycles. The van der Waals surface area contributed by atoms with Crippen LogP contribution in [-0.2, 0) is 13.0 Å². The molecule has 1 aliphatic heterocycles. The molecular weight excluding hydrogens is 418 g/mol. The lowest BCUT2D eigenvalue weighted by molar-refractivity contribution is -0.0506. The van der Waals surface area contributed by atoms with Crippen molar-refractivity contribution in [3.05, 3.63) is 99.5 Å². The monoisotopic (exact) mass is 436 g/mol. The molecule has 1 aromatic heterocycles. The molecule has 0 spiro atoms. The largest absolute Gasteiger partial charge is 0.435 e. The summed E-state index contributed by atoms with van der Waals surface area (Å²) in [6, 6.07) is 18.8. The number of carbonyl (C=O) groups is 1. The third-order valence-electron chi connectivity index (χ3n) is 5.63. The lowest BCUT2D eigenvalue weighted by Gasteiger charge is -2.26. The molecule has 2 heterocycles. The second-order valence-electron chi connectivity index (χ2n) is 7.57. The number of aromatic nitrogens is 1. The van der Waals surface area contributed by atoms with Gasteiger partial charge in [-0.15, -0.1) is 0 Å². The number of fused-ring (bicyclic) bond motifs is 2. The van der Waals surface area contributed by atoms with E-state index >= 15 is 0 Å². The minimum absolute atomic E-state index is 0.0924. The highest BCUT2D eigenvalue weighted by molar-refractivity contribution is 5.99. The SMILES string of the molecule is O=C1c2ccccc2C(Cc2ccccc2OC(F)F)N1Cc1ccc2[nH]c(=O)oc2c1. The molecule has 1 amide bonds. The van der Waals surface area contributed by atoms with Crippen LogP contribution in [0.2, 0.25) is 0 Å². The number of rotatable bonds is 6. The average molecular weight is 436 g/mol. The van der Waals surface area contributed by atoms with E-state index in [0.29, 0.717) is 28.6 Å². The maximum absolute atomic E-state index is 13.2. The standard InChI is InChI=1S/C24H18F2N2O4/c25-23(26)31-20-8-4-1-5-15(20)12-19-16-6-2-3-7-17(16)22(29)28(19)13-14-9-10-18-21(11-14)32-24(30)27-18/h1-11,19,23H,12-13H2,(H,27,30). The maximum Gasteiger partial charge on any atom is 0.417 e. The predicted molar refractivity (Wildman–Crippen MR) is 113 cm³/mol. The molecule has 32 heavy (non-hydrogen) atoms. The van der Waals surface area contributed by atoms with Crippen molar-refractivity contribution in [3.8, 4) is 5.75 Å². The van der Waals surface area contributed by atoms with Gasteiger partial charge in [0.15, 0.2) is 5.58 Å². The highest BCUT2D eigenvalue weighted by atomic mass is 19.3. The summed E-state index contributed by atoms with van der Waals surface area (Å²) in [5.41, 5.74) is 3.76. The number of alkyl halides is 2. The Bertz CT molecular complexity index is 1360. The first-order valence-corrected chi connectivity index (χ1v) is 10.0. The number of nitrogens with one attached hydrogen (secondary N) is 1. The number of H-pyrrole nitrogens is 1. The molecule has 8 heteroatoms. The molecule has 5 rings (SSSR count). The van der Waals surface area contributed by atoms with Crippen molar-refractivity contribution < 1.29 is 22.7 Å². The van der Waals surface area contributed by atoms with Crippen molar-refractivity contribution in [2.75, 3.05) is 0 Å². The topological polar surface area (TPSA) is 75.5 Å². The van der Waals surface area contributed by atoms with E-state index in [2.05, 4.69) is 4.98 Å². The first-order valence-electron chi connectivity index (χ1n) is 10.0. The van der Waals surface area contributed by atoms with Crippen molar-refractivity contribution >= 4 is 17.0 Å². The third kappa shape index (κ3) is 3.64. The normalized spacial score (nSPS) is 15.5. The van der Waals surface area contributed by atoms with Gasteiger partial charge in [-0.1, -0.05) is 42.5 Å². The van der Waals surface area contributed by atoms with Crippen LogP contribution in [0.3, 0.4) is 0 Å². The van der Waals surface area contributed by atoms with Gasteiger partial charge in [-0.05, 0) is 41.0 Å². The Labute approximate surface area is 181 Å². The molecule has 0 saturated heterocycles. The van der Waals surface area contributed by atoms with Crippen LogP contribution in [0.25, 0.3) is 11.1 Å². The zero-order valence-corrected chi connectivity index (χ0v) is 16.8. The van der Waals surface area contributed by atoms with Crippen molar-refractivity contribution in [3.63, 3.8) is 0 Å². The number of oxazole rings is 1. The van der Waals surface area contributed by atoms with E-state index in [1.807, 2.05) is 18.2 Å². The van der Waals surface area contributed by atoms with Crippen LogP contribution in [0, 0.1) is 0 Å². The number of ether oxygens (including phenoxy) is 1. The summed E-state index contributed by atoms with van der Waals surface area (Å²) in [7, 11) is 0. The molecular formula is C24H18F2N2O4. The molecule has 0 radical (unpaired) electrons. The van der Waals surface area contributed by atoms with E-state index in [1.165, 1.54) is 6.07 Å². The van der Waals surface area contributed by atoms with E-state index in [4.69, 9.17) is 9.15 Å². The highest BCUT2D eigenvalue weighted by Gasteiger charge is 2.37. The first kappa shape index (κ1) is 20.0. The van der Waals surface area contributed by atoms with E-state index < -0.39 is 12.4 Å². The summed E-state index contributed by atoms with van der Waals surface area (Å²) in [5, 5.41) is 0.